The van der Waals surface area contributed by atoms with E-state index in [1.54, 1.807) is 0 Å². The van der Waals surface area contributed by atoms with Crippen LogP contribution >= 0.6 is 0 Å². The fourth-order valence-corrected chi connectivity index (χ4v) is 2.88. The van der Waals surface area contributed by atoms with Gasteiger partial charge in [-0.15, -0.1) is 0 Å². The van der Waals surface area contributed by atoms with Gasteiger partial charge >= 0.3 is 0 Å². The number of aryl methyl sites for hydroxylation is 1. The maximum absolute atomic E-state index is 12.2. The monoisotopic (exact) mass is 294 g/mol. The van der Waals surface area contributed by atoms with Crippen LogP contribution in [0.25, 0.3) is 0 Å². The number of carbonyl (C=O) groups excluding carboxylic acids is 1. The Kier molecular flexibility index (Phi) is 4.42. The van der Waals surface area contributed by atoms with Gasteiger partial charge < -0.3 is 10.2 Å². The van der Waals surface area contributed by atoms with Crippen molar-refractivity contribution >= 4 is 11.6 Å². The smallest absolute Gasteiger partial charge is 0.251 e. The Morgan fingerprint density at radius 1 is 1.05 bits per heavy atom. The SMILES string of the molecule is Cc1ccccc1CNC(=O)c1ccc(N2CCCC2)cc1. The lowest BCUT2D eigenvalue weighted by Gasteiger charge is -2.17. The quantitative estimate of drug-likeness (QED) is 0.935. The van der Waals surface area contributed by atoms with Crippen molar-refractivity contribution in [3.8, 4) is 0 Å². The summed E-state index contributed by atoms with van der Waals surface area (Å²) < 4.78 is 0. The molecule has 1 saturated heterocycles. The standard InChI is InChI=1S/C19H22N2O/c1-15-6-2-3-7-17(15)14-20-19(22)16-8-10-18(11-9-16)21-12-4-5-13-21/h2-3,6-11H,4-5,12-14H2,1H3,(H,20,22). The van der Waals surface area contributed by atoms with E-state index in [9.17, 15) is 4.79 Å². The van der Waals surface area contributed by atoms with Crippen molar-refractivity contribution in [3.63, 3.8) is 0 Å². The van der Waals surface area contributed by atoms with E-state index >= 15 is 0 Å². The lowest BCUT2D eigenvalue weighted by Crippen LogP contribution is -2.23. The number of rotatable bonds is 4. The molecule has 1 amide bonds. The van der Waals surface area contributed by atoms with E-state index in [2.05, 4.69) is 23.2 Å². The molecular formula is C19H22N2O. The van der Waals surface area contributed by atoms with Crippen molar-refractivity contribution in [1.82, 2.24) is 5.32 Å². The minimum Gasteiger partial charge on any atom is -0.372 e. The maximum atomic E-state index is 12.2. The molecule has 2 aromatic rings. The lowest BCUT2D eigenvalue weighted by atomic mass is 10.1. The number of nitrogens with one attached hydrogen (secondary N) is 1. The Balaban J connectivity index is 1.61. The Morgan fingerprint density at radius 2 is 1.73 bits per heavy atom. The Hall–Kier alpha value is -2.29. The highest BCUT2D eigenvalue weighted by Gasteiger charge is 2.13. The largest absolute Gasteiger partial charge is 0.372 e. The molecule has 3 rings (SSSR count). The number of hydrogen-bond acceptors (Lipinski definition) is 2. The number of benzene rings is 2. The third kappa shape index (κ3) is 3.30. The van der Waals surface area contributed by atoms with Gasteiger partial charge in [0.2, 0.25) is 0 Å². The van der Waals surface area contributed by atoms with Gasteiger partial charge in [0.05, 0.1) is 0 Å². The molecule has 114 valence electrons. The second-order valence-corrected chi connectivity index (χ2v) is 5.85. The summed E-state index contributed by atoms with van der Waals surface area (Å²) in [6.07, 6.45) is 2.53. The summed E-state index contributed by atoms with van der Waals surface area (Å²) in [5.74, 6) is -0.0174. The first kappa shape index (κ1) is 14.6. The number of anilines is 1. The molecule has 1 fully saturated rings. The van der Waals surface area contributed by atoms with E-state index in [0.717, 1.165) is 24.2 Å². The minimum atomic E-state index is -0.0174. The summed E-state index contributed by atoms with van der Waals surface area (Å²) in [5.41, 5.74) is 4.29. The molecule has 0 radical (unpaired) electrons. The Bertz CT molecular complexity index is 643. The van der Waals surface area contributed by atoms with Crippen molar-refractivity contribution in [2.75, 3.05) is 18.0 Å². The highest BCUT2D eigenvalue weighted by molar-refractivity contribution is 5.94. The maximum Gasteiger partial charge on any atom is 0.251 e. The summed E-state index contributed by atoms with van der Waals surface area (Å²) in [5, 5.41) is 2.99. The second kappa shape index (κ2) is 6.65. The van der Waals surface area contributed by atoms with Crippen LogP contribution in [-0.4, -0.2) is 19.0 Å². The van der Waals surface area contributed by atoms with Crippen molar-refractivity contribution < 1.29 is 4.79 Å². The molecule has 0 bridgehead atoms. The average Bonchev–Trinajstić information content (AvgIpc) is 3.08. The molecule has 0 spiro atoms. The molecule has 3 heteroatoms. The average molecular weight is 294 g/mol. The topological polar surface area (TPSA) is 32.3 Å². The van der Waals surface area contributed by atoms with E-state index in [4.69, 9.17) is 0 Å². The van der Waals surface area contributed by atoms with E-state index in [1.165, 1.54) is 24.1 Å². The second-order valence-electron chi connectivity index (χ2n) is 5.85. The zero-order valence-electron chi connectivity index (χ0n) is 13.0. The van der Waals surface area contributed by atoms with E-state index in [1.807, 2.05) is 42.5 Å². The van der Waals surface area contributed by atoms with Gasteiger partial charge in [0.25, 0.3) is 5.91 Å². The van der Waals surface area contributed by atoms with Crippen LogP contribution in [0.15, 0.2) is 48.5 Å². The molecule has 1 aliphatic rings. The molecule has 1 heterocycles. The predicted molar refractivity (Wildman–Crippen MR) is 90.2 cm³/mol. The van der Waals surface area contributed by atoms with Gasteiger partial charge in [-0.25, -0.2) is 0 Å². The first-order chi connectivity index (χ1) is 10.7. The molecule has 1 aliphatic heterocycles. The van der Waals surface area contributed by atoms with Crippen molar-refractivity contribution in [2.45, 2.75) is 26.3 Å². The van der Waals surface area contributed by atoms with Crippen LogP contribution in [-0.2, 0) is 6.54 Å². The normalized spacial score (nSPS) is 14.1. The summed E-state index contributed by atoms with van der Waals surface area (Å²) in [7, 11) is 0. The van der Waals surface area contributed by atoms with Gasteiger partial charge in [-0.2, -0.15) is 0 Å². The zero-order chi connectivity index (χ0) is 15.4. The van der Waals surface area contributed by atoms with Crippen LogP contribution in [0.1, 0.15) is 34.3 Å². The van der Waals surface area contributed by atoms with Crippen LogP contribution in [0.4, 0.5) is 5.69 Å². The van der Waals surface area contributed by atoms with Gasteiger partial charge in [0.1, 0.15) is 0 Å². The van der Waals surface area contributed by atoms with Crippen LogP contribution in [0.3, 0.4) is 0 Å². The zero-order valence-corrected chi connectivity index (χ0v) is 13.0. The molecule has 3 nitrogen and oxygen atoms in total. The molecule has 0 saturated carbocycles. The molecule has 1 N–H and O–H groups in total. The summed E-state index contributed by atoms with van der Waals surface area (Å²) >= 11 is 0. The van der Waals surface area contributed by atoms with E-state index < -0.39 is 0 Å². The summed E-state index contributed by atoms with van der Waals surface area (Å²) in [4.78, 5) is 14.6. The van der Waals surface area contributed by atoms with Gasteiger partial charge in [0, 0.05) is 30.9 Å². The molecule has 0 unspecified atom stereocenters. The van der Waals surface area contributed by atoms with Gasteiger partial charge in [0.15, 0.2) is 0 Å². The van der Waals surface area contributed by atoms with E-state index in [-0.39, 0.29) is 5.91 Å². The van der Waals surface area contributed by atoms with Crippen molar-refractivity contribution in [3.05, 3.63) is 65.2 Å². The first-order valence-corrected chi connectivity index (χ1v) is 7.92. The molecule has 0 atom stereocenters. The molecular weight excluding hydrogens is 272 g/mol. The number of hydrogen-bond donors (Lipinski definition) is 1. The van der Waals surface area contributed by atoms with Crippen LogP contribution < -0.4 is 10.2 Å². The highest BCUT2D eigenvalue weighted by atomic mass is 16.1. The van der Waals surface area contributed by atoms with Crippen molar-refractivity contribution in [2.24, 2.45) is 0 Å². The number of amides is 1. The number of carbonyl (C=O) groups is 1. The summed E-state index contributed by atoms with van der Waals surface area (Å²) in [6, 6.07) is 16.1. The summed E-state index contributed by atoms with van der Waals surface area (Å²) in [6.45, 7) is 4.88. The third-order valence-electron chi connectivity index (χ3n) is 4.30. The fraction of sp³-hybridized carbons (Fsp3) is 0.316. The van der Waals surface area contributed by atoms with E-state index in [0.29, 0.717) is 6.54 Å². The fourth-order valence-electron chi connectivity index (χ4n) is 2.88. The molecule has 22 heavy (non-hydrogen) atoms. The molecule has 0 aromatic heterocycles. The van der Waals surface area contributed by atoms with Crippen LogP contribution in [0, 0.1) is 6.92 Å². The first-order valence-electron chi connectivity index (χ1n) is 7.92. The minimum absolute atomic E-state index is 0.0174. The Morgan fingerprint density at radius 3 is 2.41 bits per heavy atom. The van der Waals surface area contributed by atoms with Gasteiger partial charge in [-0.05, 0) is 55.2 Å². The number of nitrogens with zero attached hydrogens (tertiary/aromatic N) is 1. The van der Waals surface area contributed by atoms with Gasteiger partial charge in [-0.3, -0.25) is 4.79 Å². The van der Waals surface area contributed by atoms with Crippen LogP contribution in [0.2, 0.25) is 0 Å². The van der Waals surface area contributed by atoms with Gasteiger partial charge in [-0.1, -0.05) is 24.3 Å². The molecule has 0 aliphatic carbocycles. The van der Waals surface area contributed by atoms with Crippen LogP contribution in [0.5, 0.6) is 0 Å². The third-order valence-corrected chi connectivity index (χ3v) is 4.30. The lowest BCUT2D eigenvalue weighted by molar-refractivity contribution is 0.0951. The van der Waals surface area contributed by atoms with Crippen molar-refractivity contribution in [1.29, 1.82) is 0 Å². The predicted octanol–water partition coefficient (Wildman–Crippen LogP) is 3.53. The Labute approximate surface area is 132 Å². The molecule has 2 aromatic carbocycles. The highest BCUT2D eigenvalue weighted by Crippen LogP contribution is 2.20.